The van der Waals surface area contributed by atoms with E-state index in [4.69, 9.17) is 22.3 Å². The van der Waals surface area contributed by atoms with Gasteiger partial charge in [-0.25, -0.2) is 33.2 Å². The van der Waals surface area contributed by atoms with Crippen molar-refractivity contribution in [1.82, 2.24) is 19.1 Å². The molecule has 0 radical (unpaired) electrons. The quantitative estimate of drug-likeness (QED) is 0.129. The molecule has 0 aliphatic heterocycles. The minimum Gasteiger partial charge on any atom is -0.669 e. The normalized spacial score (nSPS) is 12.2. The monoisotopic (exact) mass is 1010 g/mol. The predicted octanol–water partition coefficient (Wildman–Crippen LogP) is 8.45. The summed E-state index contributed by atoms with van der Waals surface area (Å²) >= 11 is 0. The van der Waals surface area contributed by atoms with Crippen LogP contribution in [0.3, 0.4) is 0 Å². The van der Waals surface area contributed by atoms with Gasteiger partial charge in [-0.3, -0.25) is 0 Å². The Balaban J connectivity index is 0.000000293. The van der Waals surface area contributed by atoms with Crippen molar-refractivity contribution in [2.75, 3.05) is 0 Å². The largest absolute Gasteiger partial charge is 0.669 e. The standard InChI is InChI=1S/C30H24N2O2.2C6H4N.2Pt/c1-3-11-25-21(9-1)17-23(19-27(25)33-29-13-5-7-15-31-29)24-18-22-10-2-4-12-26(22)28(20-24)34-30-14-6-8-16-32-30;2*1-2-7-5-3-4-6-7;;/h5-8,13-16H,1-4,9-12H2;2*3-6H;;/q-4;2*-1;;. The fourth-order valence-corrected chi connectivity index (χ4v) is 5.60. The zero-order valence-corrected chi connectivity index (χ0v) is 31.7. The number of hydrogen-bond donors (Lipinski definition) is 0. The summed E-state index contributed by atoms with van der Waals surface area (Å²) in [6.45, 7) is 0. The van der Waals surface area contributed by atoms with Crippen molar-refractivity contribution in [2.24, 2.45) is 0 Å². The number of benzene rings is 2. The maximum Gasteiger partial charge on any atom is 0.215 e. The minimum absolute atomic E-state index is 0. The Morgan fingerprint density at radius 2 is 0.940 bits per heavy atom. The molecule has 6 nitrogen and oxygen atoms in total. The molecule has 258 valence electrons. The molecule has 0 spiro atoms. The molecule has 4 heterocycles. The third-order valence-electron chi connectivity index (χ3n) is 7.92. The SMILES string of the molecule is [C-]#Cn1cccc1.[C-]#Cn1cccc1.[Pt].[Pt].[c-]1c(-c2[c-]c3c(c(Oc4ccccn4)[c-]2)CCCC3)[c-]c(Oc2ccccn2)c2c1CCCC2. The van der Waals surface area contributed by atoms with Gasteiger partial charge >= 0.3 is 0 Å². The van der Waals surface area contributed by atoms with Crippen LogP contribution in [0, 0.1) is 49.2 Å². The second-order valence-electron chi connectivity index (χ2n) is 11.2. The van der Waals surface area contributed by atoms with Gasteiger partial charge in [-0.1, -0.05) is 75.0 Å². The first-order valence-corrected chi connectivity index (χ1v) is 16.0. The van der Waals surface area contributed by atoms with Gasteiger partial charge in [0, 0.05) is 91.4 Å². The van der Waals surface area contributed by atoms with Gasteiger partial charge in [0.2, 0.25) is 11.8 Å². The van der Waals surface area contributed by atoms with E-state index in [-0.39, 0.29) is 42.1 Å². The maximum absolute atomic E-state index is 6.57. The molecule has 0 amide bonds. The fourth-order valence-electron chi connectivity index (χ4n) is 5.60. The van der Waals surface area contributed by atoms with Gasteiger partial charge in [0.05, 0.1) is 0 Å². The van der Waals surface area contributed by atoms with Gasteiger partial charge in [0.15, 0.2) is 0 Å². The van der Waals surface area contributed by atoms with Crippen LogP contribution in [-0.2, 0) is 67.8 Å². The van der Waals surface area contributed by atoms with Crippen LogP contribution in [0.4, 0.5) is 0 Å². The van der Waals surface area contributed by atoms with E-state index in [1.54, 1.807) is 46.3 Å². The smallest absolute Gasteiger partial charge is 0.215 e. The summed E-state index contributed by atoms with van der Waals surface area (Å²) in [5, 5.41) is 0. The van der Waals surface area contributed by atoms with Crippen molar-refractivity contribution in [3.8, 4) is 46.5 Å². The molecule has 0 fully saturated rings. The van der Waals surface area contributed by atoms with Crippen molar-refractivity contribution < 1.29 is 51.6 Å². The molecule has 0 saturated heterocycles. The average molecular weight is 1010 g/mol. The summed E-state index contributed by atoms with van der Waals surface area (Å²) in [6.07, 6.45) is 32.2. The van der Waals surface area contributed by atoms with Crippen molar-refractivity contribution in [2.45, 2.75) is 51.4 Å². The number of rotatable bonds is 5. The first-order chi connectivity index (χ1) is 23.7. The van der Waals surface area contributed by atoms with Crippen LogP contribution < -0.4 is 9.47 Å². The van der Waals surface area contributed by atoms with E-state index >= 15 is 0 Å². The summed E-state index contributed by atoms with van der Waals surface area (Å²) in [5.41, 5.74) is 6.37. The summed E-state index contributed by atoms with van der Waals surface area (Å²) in [6, 6.07) is 37.3. The van der Waals surface area contributed by atoms with Crippen LogP contribution in [0.2, 0.25) is 0 Å². The summed E-state index contributed by atoms with van der Waals surface area (Å²) < 4.78 is 15.5. The van der Waals surface area contributed by atoms with Crippen LogP contribution in [-0.4, -0.2) is 19.1 Å². The molecule has 2 aliphatic rings. The number of fused-ring (bicyclic) bond motifs is 2. The van der Waals surface area contributed by atoms with Crippen molar-refractivity contribution in [3.05, 3.63) is 157 Å². The first kappa shape index (κ1) is 38.2. The molecule has 2 aromatic carbocycles. The molecular weight excluding hydrogens is 983 g/mol. The summed E-state index contributed by atoms with van der Waals surface area (Å²) in [5.74, 6) is 2.60. The Morgan fingerprint density at radius 1 is 0.540 bits per heavy atom. The van der Waals surface area contributed by atoms with Gasteiger partial charge in [-0.05, 0) is 36.4 Å². The number of nitrogens with zero attached hydrogens (tertiary/aromatic N) is 4. The molecule has 0 unspecified atom stereocenters. The van der Waals surface area contributed by atoms with Crippen LogP contribution >= 0.6 is 0 Å². The van der Waals surface area contributed by atoms with Gasteiger partial charge in [-0.2, -0.15) is 11.1 Å². The minimum atomic E-state index is 0. The van der Waals surface area contributed by atoms with Crippen molar-refractivity contribution in [3.63, 3.8) is 0 Å². The molecule has 6 aromatic rings. The van der Waals surface area contributed by atoms with E-state index in [0.717, 1.165) is 74.0 Å². The Kier molecular flexibility index (Phi) is 14.9. The van der Waals surface area contributed by atoms with Gasteiger partial charge in [0.25, 0.3) is 0 Å². The van der Waals surface area contributed by atoms with Crippen molar-refractivity contribution >= 4 is 0 Å². The Bertz CT molecular complexity index is 1850. The average Bonchev–Trinajstić information content (AvgIpc) is 3.88. The molecule has 0 atom stereocenters. The Labute approximate surface area is 323 Å². The molecule has 50 heavy (non-hydrogen) atoms. The summed E-state index contributed by atoms with van der Waals surface area (Å²) in [7, 11) is 0. The van der Waals surface area contributed by atoms with E-state index in [0.29, 0.717) is 11.8 Å². The van der Waals surface area contributed by atoms with Crippen LogP contribution in [0.25, 0.3) is 11.1 Å². The first-order valence-electron chi connectivity index (χ1n) is 16.0. The second kappa shape index (κ2) is 19.6. The number of aromatic nitrogens is 4. The fraction of sp³-hybridized carbons (Fsp3) is 0.190. The van der Waals surface area contributed by atoms with Gasteiger partial charge in [-0.15, -0.1) is 0 Å². The van der Waals surface area contributed by atoms with Gasteiger partial charge < -0.3 is 66.8 Å². The molecule has 0 bridgehead atoms. The number of hydrogen-bond acceptors (Lipinski definition) is 4. The van der Waals surface area contributed by atoms with Crippen LogP contribution in [0.5, 0.6) is 23.3 Å². The molecule has 4 aromatic heterocycles. The van der Waals surface area contributed by atoms with Crippen molar-refractivity contribution in [1.29, 1.82) is 0 Å². The molecule has 0 saturated carbocycles. The predicted molar refractivity (Wildman–Crippen MR) is 183 cm³/mol. The van der Waals surface area contributed by atoms with E-state index in [2.05, 4.69) is 46.3 Å². The van der Waals surface area contributed by atoms with E-state index in [1.165, 1.54) is 22.3 Å². The number of ether oxygens (including phenoxy) is 2. The van der Waals surface area contributed by atoms with E-state index in [9.17, 15) is 0 Å². The Morgan fingerprint density at radius 3 is 1.28 bits per heavy atom. The molecule has 8 rings (SSSR count). The Hall–Kier alpha value is -4.60. The second-order valence-corrected chi connectivity index (χ2v) is 11.2. The zero-order chi connectivity index (χ0) is 33.0. The topological polar surface area (TPSA) is 54.1 Å². The van der Waals surface area contributed by atoms with E-state index < -0.39 is 0 Å². The van der Waals surface area contributed by atoms with Crippen LogP contribution in [0.15, 0.2) is 97.8 Å². The van der Waals surface area contributed by atoms with E-state index in [1.807, 2.05) is 60.7 Å². The molecular formula is C42H32N4O2Pt2-6. The third-order valence-corrected chi connectivity index (χ3v) is 7.92. The van der Waals surface area contributed by atoms with Gasteiger partial charge in [0.1, 0.15) is 0 Å². The zero-order valence-electron chi connectivity index (χ0n) is 27.1. The number of aryl methyl sites for hydroxylation is 2. The molecule has 8 heteroatoms. The van der Waals surface area contributed by atoms with Crippen LogP contribution in [0.1, 0.15) is 47.9 Å². The number of pyridine rings is 2. The maximum atomic E-state index is 6.57. The molecule has 0 N–H and O–H groups in total. The summed E-state index contributed by atoms with van der Waals surface area (Å²) in [4.78, 5) is 8.70. The molecule has 2 aliphatic carbocycles. The third kappa shape index (κ3) is 10.2.